The minimum absolute atomic E-state index is 0.252. The highest BCUT2D eigenvalue weighted by atomic mass is 16.5. The molecule has 2 N–H and O–H groups in total. The molecule has 126 valence electrons. The number of hydrogen-bond acceptors (Lipinski definition) is 5. The number of hydrogen-bond donors (Lipinski definition) is 2. The van der Waals surface area contributed by atoms with Gasteiger partial charge in [-0.05, 0) is 61.0 Å². The van der Waals surface area contributed by atoms with Crippen molar-refractivity contribution in [1.29, 1.82) is 0 Å². The fraction of sp³-hybridized carbons (Fsp3) is 0.105. The van der Waals surface area contributed by atoms with E-state index in [0.717, 1.165) is 22.7 Å². The van der Waals surface area contributed by atoms with E-state index >= 15 is 0 Å². The number of carbonyl (C=O) groups excluding carboxylic acids is 1. The lowest BCUT2D eigenvalue weighted by molar-refractivity contribution is 0.102. The second-order valence-corrected chi connectivity index (χ2v) is 5.48. The fourth-order valence-electron chi connectivity index (χ4n) is 2.26. The third-order valence-corrected chi connectivity index (χ3v) is 3.54. The van der Waals surface area contributed by atoms with E-state index in [1.807, 2.05) is 55.5 Å². The van der Waals surface area contributed by atoms with Crippen molar-refractivity contribution >= 4 is 23.1 Å². The van der Waals surface area contributed by atoms with E-state index < -0.39 is 0 Å². The van der Waals surface area contributed by atoms with Crippen molar-refractivity contribution in [3.05, 3.63) is 71.9 Å². The number of anilines is 3. The summed E-state index contributed by atoms with van der Waals surface area (Å²) in [5.41, 5.74) is 2.91. The second-order valence-electron chi connectivity index (χ2n) is 5.48. The molecule has 1 amide bonds. The number of methoxy groups -OCH3 is 1. The van der Waals surface area contributed by atoms with Gasteiger partial charge in [0.05, 0.1) is 7.11 Å². The van der Waals surface area contributed by atoms with Gasteiger partial charge in [0.15, 0.2) is 11.5 Å². The number of carbonyl (C=O) groups is 1. The predicted molar refractivity (Wildman–Crippen MR) is 97.4 cm³/mol. The summed E-state index contributed by atoms with van der Waals surface area (Å²) in [4.78, 5) is 12.2. The standard InChI is InChI=1S/C19H18N4O2/c1-13-4-3-5-15(12-13)21-19(24)17-10-11-18(23-22-17)20-14-6-8-16(25-2)9-7-14/h3-12H,1-2H3,(H,20,23)(H,21,24). The number of nitrogens with zero attached hydrogens (tertiary/aromatic N) is 2. The van der Waals surface area contributed by atoms with Gasteiger partial charge in [0.25, 0.3) is 5.91 Å². The average molecular weight is 334 g/mol. The van der Waals surface area contributed by atoms with Crippen LogP contribution in [0, 0.1) is 6.92 Å². The summed E-state index contributed by atoms with van der Waals surface area (Å²) in [6, 6.07) is 18.4. The number of aryl methyl sites for hydroxylation is 1. The lowest BCUT2D eigenvalue weighted by atomic mass is 10.2. The van der Waals surface area contributed by atoms with Crippen LogP contribution in [0.2, 0.25) is 0 Å². The molecule has 2 aromatic carbocycles. The van der Waals surface area contributed by atoms with E-state index in [1.165, 1.54) is 0 Å². The molecular weight excluding hydrogens is 316 g/mol. The molecule has 0 spiro atoms. The lowest BCUT2D eigenvalue weighted by Gasteiger charge is -2.07. The molecule has 1 heterocycles. The Morgan fingerprint density at radius 1 is 0.960 bits per heavy atom. The van der Waals surface area contributed by atoms with Crippen molar-refractivity contribution in [1.82, 2.24) is 10.2 Å². The van der Waals surface area contributed by atoms with Crippen LogP contribution in [0.5, 0.6) is 5.75 Å². The van der Waals surface area contributed by atoms with Crippen molar-refractivity contribution in [3.63, 3.8) is 0 Å². The number of nitrogens with one attached hydrogen (secondary N) is 2. The molecule has 3 rings (SSSR count). The first-order valence-electron chi connectivity index (χ1n) is 7.77. The summed E-state index contributed by atoms with van der Waals surface area (Å²) in [5.74, 6) is 1.03. The molecule has 0 bridgehead atoms. The number of ether oxygens (including phenoxy) is 1. The van der Waals surface area contributed by atoms with Crippen LogP contribution in [0.3, 0.4) is 0 Å². The highest BCUT2D eigenvalue weighted by Crippen LogP contribution is 2.18. The molecule has 0 aliphatic carbocycles. The lowest BCUT2D eigenvalue weighted by Crippen LogP contribution is -2.14. The van der Waals surface area contributed by atoms with Crippen LogP contribution in [0.4, 0.5) is 17.2 Å². The summed E-state index contributed by atoms with van der Waals surface area (Å²) < 4.78 is 5.12. The summed E-state index contributed by atoms with van der Waals surface area (Å²) in [7, 11) is 1.62. The van der Waals surface area contributed by atoms with Gasteiger partial charge in [0.1, 0.15) is 5.75 Å². The first-order valence-corrected chi connectivity index (χ1v) is 7.77. The zero-order valence-corrected chi connectivity index (χ0v) is 14.0. The van der Waals surface area contributed by atoms with Gasteiger partial charge in [-0.2, -0.15) is 0 Å². The molecule has 25 heavy (non-hydrogen) atoms. The molecule has 0 aliphatic heterocycles. The summed E-state index contributed by atoms with van der Waals surface area (Å²) in [6.07, 6.45) is 0. The van der Waals surface area contributed by atoms with E-state index in [9.17, 15) is 4.79 Å². The Morgan fingerprint density at radius 3 is 2.40 bits per heavy atom. The molecule has 0 fully saturated rings. The third kappa shape index (κ3) is 4.32. The van der Waals surface area contributed by atoms with Crippen LogP contribution < -0.4 is 15.4 Å². The van der Waals surface area contributed by atoms with E-state index in [2.05, 4.69) is 20.8 Å². The summed E-state index contributed by atoms with van der Waals surface area (Å²) in [6.45, 7) is 1.97. The van der Waals surface area contributed by atoms with Crippen molar-refractivity contribution < 1.29 is 9.53 Å². The molecule has 0 radical (unpaired) electrons. The summed E-state index contributed by atoms with van der Waals surface area (Å²) in [5, 5.41) is 13.9. The number of aromatic nitrogens is 2. The van der Waals surface area contributed by atoms with Gasteiger partial charge in [-0.25, -0.2) is 0 Å². The average Bonchev–Trinajstić information content (AvgIpc) is 2.63. The SMILES string of the molecule is COc1ccc(Nc2ccc(C(=O)Nc3cccc(C)c3)nn2)cc1. The molecule has 0 unspecified atom stereocenters. The quantitative estimate of drug-likeness (QED) is 0.742. The van der Waals surface area contributed by atoms with E-state index in [-0.39, 0.29) is 11.6 Å². The first kappa shape index (κ1) is 16.4. The zero-order chi connectivity index (χ0) is 17.6. The Kier molecular flexibility index (Phi) is 4.89. The largest absolute Gasteiger partial charge is 0.497 e. The minimum atomic E-state index is -0.297. The van der Waals surface area contributed by atoms with Gasteiger partial charge < -0.3 is 15.4 Å². The number of amides is 1. The van der Waals surface area contributed by atoms with Crippen molar-refractivity contribution in [2.45, 2.75) is 6.92 Å². The van der Waals surface area contributed by atoms with Gasteiger partial charge in [-0.3, -0.25) is 4.79 Å². The Labute approximate surface area is 145 Å². The van der Waals surface area contributed by atoms with Crippen molar-refractivity contribution in [2.75, 3.05) is 17.7 Å². The number of rotatable bonds is 5. The van der Waals surface area contributed by atoms with Crippen LogP contribution in [0.25, 0.3) is 0 Å². The molecule has 0 saturated heterocycles. The van der Waals surface area contributed by atoms with Gasteiger partial charge in [-0.15, -0.1) is 10.2 Å². The molecule has 3 aromatic rings. The second kappa shape index (κ2) is 7.44. The molecule has 1 aromatic heterocycles. The normalized spacial score (nSPS) is 10.2. The number of benzene rings is 2. The maximum absolute atomic E-state index is 12.2. The van der Waals surface area contributed by atoms with Crippen LogP contribution >= 0.6 is 0 Å². The Balaban J connectivity index is 1.65. The van der Waals surface area contributed by atoms with Gasteiger partial charge in [0.2, 0.25) is 0 Å². The monoisotopic (exact) mass is 334 g/mol. The Hall–Kier alpha value is -3.41. The zero-order valence-electron chi connectivity index (χ0n) is 14.0. The van der Waals surface area contributed by atoms with Crippen molar-refractivity contribution in [3.8, 4) is 5.75 Å². The fourth-order valence-corrected chi connectivity index (χ4v) is 2.26. The van der Waals surface area contributed by atoms with Crippen LogP contribution in [0.15, 0.2) is 60.7 Å². The van der Waals surface area contributed by atoms with Crippen LogP contribution in [-0.4, -0.2) is 23.2 Å². The highest BCUT2D eigenvalue weighted by molar-refractivity contribution is 6.02. The van der Waals surface area contributed by atoms with Crippen LogP contribution in [0.1, 0.15) is 16.1 Å². The molecule has 0 atom stereocenters. The molecule has 0 saturated carbocycles. The van der Waals surface area contributed by atoms with Crippen LogP contribution in [-0.2, 0) is 0 Å². The van der Waals surface area contributed by atoms with Gasteiger partial charge in [-0.1, -0.05) is 12.1 Å². The predicted octanol–water partition coefficient (Wildman–Crippen LogP) is 3.79. The maximum Gasteiger partial charge on any atom is 0.276 e. The van der Waals surface area contributed by atoms with Gasteiger partial charge >= 0.3 is 0 Å². The molecule has 6 heteroatoms. The van der Waals surface area contributed by atoms with E-state index in [4.69, 9.17) is 4.74 Å². The molecular formula is C19H18N4O2. The van der Waals surface area contributed by atoms with E-state index in [1.54, 1.807) is 19.2 Å². The third-order valence-electron chi connectivity index (χ3n) is 3.54. The van der Waals surface area contributed by atoms with Gasteiger partial charge in [0, 0.05) is 11.4 Å². The first-order chi connectivity index (χ1) is 12.1. The summed E-state index contributed by atoms with van der Waals surface area (Å²) >= 11 is 0. The minimum Gasteiger partial charge on any atom is -0.497 e. The molecule has 6 nitrogen and oxygen atoms in total. The maximum atomic E-state index is 12.2. The highest BCUT2D eigenvalue weighted by Gasteiger charge is 2.09. The Morgan fingerprint density at radius 2 is 1.76 bits per heavy atom. The smallest absolute Gasteiger partial charge is 0.276 e. The topological polar surface area (TPSA) is 76.1 Å². The van der Waals surface area contributed by atoms with E-state index in [0.29, 0.717) is 5.82 Å². The van der Waals surface area contributed by atoms with Crippen molar-refractivity contribution in [2.24, 2.45) is 0 Å². The molecule has 0 aliphatic rings. The Bertz CT molecular complexity index is 861.